The first-order valence-corrected chi connectivity index (χ1v) is 17.5. The maximum absolute atomic E-state index is 14.0. The van der Waals surface area contributed by atoms with Gasteiger partial charge in [0.05, 0.1) is 25.4 Å². The standard InChI is InChI=1S/C32H34F2N6O11S2/c33-16-5-1-3-14(7-16)18-10-39(37-35-18)24-26(43)20(12-41)50-31(28(24)45)53-32-29(46)25(40-11-19(36-38-40)15-4-2-6-17(34)8-15)27(44)21(51-32)13-49-23(42)9-22(52)30(47)48/h1-8,10-11,20-22,24-29,31-32,41,43-46,52H,9,12-13H2,(H,47,48). The average Bonchev–Trinajstić information content (AvgIpc) is 3.81. The molecule has 284 valence electrons. The van der Waals surface area contributed by atoms with E-state index in [0.29, 0.717) is 22.9 Å². The maximum Gasteiger partial charge on any atom is 0.316 e. The Balaban J connectivity index is 1.27. The van der Waals surface area contributed by atoms with Crippen LogP contribution in [0.25, 0.3) is 22.5 Å². The fourth-order valence-corrected chi connectivity index (χ4v) is 7.46. The molecule has 6 N–H and O–H groups in total. The highest BCUT2D eigenvalue weighted by Gasteiger charge is 2.52. The van der Waals surface area contributed by atoms with Crippen LogP contribution in [0.15, 0.2) is 60.9 Å². The van der Waals surface area contributed by atoms with Crippen molar-refractivity contribution in [3.05, 3.63) is 72.6 Å². The van der Waals surface area contributed by atoms with Crippen LogP contribution in [-0.2, 0) is 23.8 Å². The molecular formula is C32H34F2N6O11S2. The van der Waals surface area contributed by atoms with Gasteiger partial charge in [-0.1, -0.05) is 46.5 Å². The molecule has 0 bridgehead atoms. The monoisotopic (exact) mass is 780 g/mol. The number of aliphatic carboxylic acids is 1. The third kappa shape index (κ3) is 8.53. The molecule has 11 atom stereocenters. The molecular weight excluding hydrogens is 747 g/mol. The van der Waals surface area contributed by atoms with Gasteiger partial charge in [-0.3, -0.25) is 9.59 Å². The average molecular weight is 781 g/mol. The molecule has 2 aliphatic heterocycles. The predicted octanol–water partition coefficient (Wildman–Crippen LogP) is 0.199. The molecule has 21 heteroatoms. The van der Waals surface area contributed by atoms with Gasteiger partial charge < -0.3 is 44.8 Å². The Morgan fingerprint density at radius 1 is 0.830 bits per heavy atom. The van der Waals surface area contributed by atoms with Crippen molar-refractivity contribution in [2.75, 3.05) is 13.2 Å². The molecule has 11 unspecified atom stereocenters. The summed E-state index contributed by atoms with van der Waals surface area (Å²) in [6.07, 6.45) is -6.95. The van der Waals surface area contributed by atoms with E-state index >= 15 is 0 Å². The van der Waals surface area contributed by atoms with Crippen LogP contribution in [0, 0.1) is 11.6 Å². The second kappa shape index (κ2) is 16.5. The van der Waals surface area contributed by atoms with Crippen LogP contribution >= 0.6 is 24.4 Å². The van der Waals surface area contributed by atoms with Crippen LogP contribution < -0.4 is 0 Å². The molecule has 53 heavy (non-hydrogen) atoms. The zero-order chi connectivity index (χ0) is 38.0. The fraction of sp³-hybridized carbons (Fsp3) is 0.438. The van der Waals surface area contributed by atoms with E-state index in [1.165, 1.54) is 48.8 Å². The second-order valence-corrected chi connectivity index (χ2v) is 14.1. The van der Waals surface area contributed by atoms with E-state index in [9.17, 15) is 43.9 Å². The van der Waals surface area contributed by atoms with Gasteiger partial charge >= 0.3 is 11.9 Å². The lowest BCUT2D eigenvalue weighted by molar-refractivity contribution is -0.193. The van der Waals surface area contributed by atoms with E-state index in [4.69, 9.17) is 19.3 Å². The molecule has 2 aliphatic rings. The Labute approximate surface area is 308 Å². The minimum atomic E-state index is -1.64. The normalized spacial score (nSPS) is 29.4. The number of hydrogen-bond acceptors (Lipinski definition) is 16. The highest BCUT2D eigenvalue weighted by molar-refractivity contribution is 8.00. The molecule has 2 aromatic heterocycles. The molecule has 2 fully saturated rings. The lowest BCUT2D eigenvalue weighted by atomic mass is 9.97. The number of thioether (sulfide) groups is 1. The van der Waals surface area contributed by atoms with Crippen LogP contribution in [-0.4, -0.2) is 139 Å². The van der Waals surface area contributed by atoms with Gasteiger partial charge in [0.2, 0.25) is 0 Å². The molecule has 17 nitrogen and oxygen atoms in total. The van der Waals surface area contributed by atoms with E-state index < -0.39 is 108 Å². The number of carbonyl (C=O) groups is 2. The minimum Gasteiger partial charge on any atom is -0.480 e. The summed E-state index contributed by atoms with van der Waals surface area (Å²) < 4.78 is 47.1. The molecule has 6 rings (SSSR count). The van der Waals surface area contributed by atoms with Gasteiger partial charge in [-0.2, -0.15) is 12.6 Å². The van der Waals surface area contributed by atoms with Crippen molar-refractivity contribution < 1.29 is 63.2 Å². The first kappa shape index (κ1) is 38.7. The van der Waals surface area contributed by atoms with Gasteiger partial charge in [0.1, 0.15) is 94.5 Å². The summed E-state index contributed by atoms with van der Waals surface area (Å²) in [6.45, 7) is -1.33. The van der Waals surface area contributed by atoms with Crippen LogP contribution in [0.2, 0.25) is 0 Å². The summed E-state index contributed by atoms with van der Waals surface area (Å²) in [7, 11) is 0. The van der Waals surface area contributed by atoms with Crippen LogP contribution in [0.5, 0.6) is 0 Å². The van der Waals surface area contributed by atoms with E-state index in [2.05, 4.69) is 33.3 Å². The molecule has 0 saturated carbocycles. The zero-order valence-electron chi connectivity index (χ0n) is 27.3. The number of ether oxygens (including phenoxy) is 3. The van der Waals surface area contributed by atoms with Crippen molar-refractivity contribution in [1.82, 2.24) is 30.0 Å². The number of aromatic nitrogens is 6. The first-order chi connectivity index (χ1) is 25.3. The van der Waals surface area contributed by atoms with Gasteiger partial charge in [-0.05, 0) is 24.3 Å². The minimum absolute atomic E-state index is 0.190. The number of aliphatic hydroxyl groups is 5. The Morgan fingerprint density at radius 2 is 1.32 bits per heavy atom. The van der Waals surface area contributed by atoms with E-state index in [-0.39, 0.29) is 11.4 Å². The number of halogens is 2. The summed E-state index contributed by atoms with van der Waals surface area (Å²) in [5, 5.41) is 79.7. The lowest BCUT2D eigenvalue weighted by Gasteiger charge is -2.46. The molecule has 4 aromatic rings. The predicted molar refractivity (Wildman–Crippen MR) is 181 cm³/mol. The molecule has 0 aliphatic carbocycles. The number of carbonyl (C=O) groups excluding carboxylic acids is 1. The molecule has 4 heterocycles. The SMILES string of the molecule is O=C(CC(S)C(=O)O)OCC1OC(SC2OC(CO)C(O)C(n3cc(-c4cccc(F)c4)nn3)C2O)C(O)C(n2cc(-c3cccc(F)c3)nn2)C1O. The van der Waals surface area contributed by atoms with Gasteiger partial charge in [-0.15, -0.1) is 10.2 Å². The molecule has 2 aromatic carbocycles. The molecule has 2 saturated heterocycles. The smallest absolute Gasteiger partial charge is 0.316 e. The van der Waals surface area contributed by atoms with Crippen LogP contribution in [0.4, 0.5) is 8.78 Å². The zero-order valence-corrected chi connectivity index (χ0v) is 29.0. The number of benzene rings is 2. The fourth-order valence-electron chi connectivity index (χ4n) is 5.99. The number of esters is 1. The van der Waals surface area contributed by atoms with Crippen LogP contribution in [0.1, 0.15) is 18.5 Å². The summed E-state index contributed by atoms with van der Waals surface area (Å²) in [6, 6.07) is 8.37. The van der Waals surface area contributed by atoms with Crippen molar-refractivity contribution >= 4 is 36.3 Å². The molecule has 0 spiro atoms. The quantitative estimate of drug-likeness (QED) is 0.0750. The lowest BCUT2D eigenvalue weighted by Crippen LogP contribution is -2.58. The third-order valence-corrected chi connectivity index (χ3v) is 10.4. The number of aliphatic hydroxyl groups excluding tert-OH is 5. The summed E-state index contributed by atoms with van der Waals surface area (Å²) in [5.41, 5.74) is -1.61. The number of carboxylic acid groups (broad SMARTS) is 1. The van der Waals surface area contributed by atoms with E-state index in [1.54, 1.807) is 12.1 Å². The largest absolute Gasteiger partial charge is 0.480 e. The second-order valence-electron chi connectivity index (χ2n) is 12.3. The third-order valence-electron chi connectivity index (χ3n) is 8.71. The van der Waals surface area contributed by atoms with Crippen molar-refractivity contribution in [3.63, 3.8) is 0 Å². The first-order valence-electron chi connectivity index (χ1n) is 16.1. The topological polar surface area (TPSA) is 245 Å². The number of rotatable bonds is 12. The Kier molecular flexibility index (Phi) is 12.1. The van der Waals surface area contributed by atoms with Gasteiger partial charge in [0.25, 0.3) is 0 Å². The summed E-state index contributed by atoms with van der Waals surface area (Å²) in [4.78, 5) is 23.6. The van der Waals surface area contributed by atoms with Gasteiger partial charge in [0, 0.05) is 11.1 Å². The number of hydrogen-bond donors (Lipinski definition) is 7. The van der Waals surface area contributed by atoms with Crippen molar-refractivity contribution in [3.8, 4) is 22.5 Å². The Morgan fingerprint density at radius 3 is 1.79 bits per heavy atom. The van der Waals surface area contributed by atoms with Gasteiger partial charge in [0.15, 0.2) is 0 Å². The van der Waals surface area contributed by atoms with E-state index in [0.717, 1.165) is 9.36 Å². The van der Waals surface area contributed by atoms with Crippen molar-refractivity contribution in [2.24, 2.45) is 0 Å². The molecule has 0 radical (unpaired) electrons. The highest BCUT2D eigenvalue weighted by atomic mass is 32.2. The number of nitrogens with zero attached hydrogens (tertiary/aromatic N) is 6. The number of carboxylic acids is 1. The Bertz CT molecular complexity index is 1910. The van der Waals surface area contributed by atoms with Crippen molar-refractivity contribution in [1.29, 1.82) is 0 Å². The van der Waals surface area contributed by atoms with Crippen LogP contribution in [0.3, 0.4) is 0 Å². The Hall–Kier alpha value is -4.06. The highest BCUT2D eigenvalue weighted by Crippen LogP contribution is 2.42. The van der Waals surface area contributed by atoms with E-state index in [1.807, 2.05) is 0 Å². The maximum atomic E-state index is 14.0. The van der Waals surface area contributed by atoms with Crippen molar-refractivity contribution in [2.45, 2.75) is 71.3 Å². The summed E-state index contributed by atoms with van der Waals surface area (Å²) >= 11 is 4.54. The molecule has 0 amide bonds. The summed E-state index contributed by atoms with van der Waals surface area (Å²) in [5.74, 6) is -3.39. The van der Waals surface area contributed by atoms with Gasteiger partial charge in [-0.25, -0.2) is 18.1 Å². The number of thiol groups is 1.